The van der Waals surface area contributed by atoms with Crippen LogP contribution in [-0.2, 0) is 20.0 Å². The molecule has 0 bridgehead atoms. The molecule has 6 nitrogen and oxygen atoms in total. The fraction of sp³-hybridized carbons (Fsp3) is 0. The first kappa shape index (κ1) is 19.0. The number of sulfonamides is 2. The molecule has 0 radical (unpaired) electrons. The predicted octanol–water partition coefficient (Wildman–Crippen LogP) is 3.04. The molecule has 0 amide bonds. The van der Waals surface area contributed by atoms with E-state index in [0.717, 1.165) is 28.3 Å². The van der Waals surface area contributed by atoms with E-state index in [1.165, 1.54) is 6.08 Å². The number of nitrogens with one attached hydrogen (secondary N) is 1. The van der Waals surface area contributed by atoms with E-state index < -0.39 is 30.8 Å². The second kappa shape index (κ2) is 7.10. The second-order valence-corrected chi connectivity index (χ2v) is 8.84. The van der Waals surface area contributed by atoms with Crippen LogP contribution in [0.25, 0.3) is 16.8 Å². The van der Waals surface area contributed by atoms with Crippen molar-refractivity contribution >= 4 is 42.6 Å². The zero-order chi connectivity index (χ0) is 19.7. The molecular weight excluding hydrogens is 391 g/mol. The SMILES string of the molecule is NS(=O)(=O)c1cc(F)ccc1NS(=O)(=O)C=Cc1ccc2ccccc2c1. The normalized spacial score (nSPS) is 12.5. The molecule has 3 N–H and O–H groups in total. The molecule has 0 aliphatic heterocycles. The fourth-order valence-electron chi connectivity index (χ4n) is 2.48. The summed E-state index contributed by atoms with van der Waals surface area (Å²) in [6, 6.07) is 15.6. The number of anilines is 1. The van der Waals surface area contributed by atoms with E-state index in [9.17, 15) is 21.2 Å². The van der Waals surface area contributed by atoms with Crippen molar-refractivity contribution in [3.8, 4) is 0 Å². The Bertz CT molecular complexity index is 1250. The number of halogens is 1. The van der Waals surface area contributed by atoms with Crippen molar-refractivity contribution in [1.29, 1.82) is 0 Å². The van der Waals surface area contributed by atoms with Gasteiger partial charge in [0.25, 0.3) is 10.0 Å². The number of rotatable bonds is 5. The quantitative estimate of drug-likeness (QED) is 0.679. The molecule has 0 aliphatic rings. The summed E-state index contributed by atoms with van der Waals surface area (Å²) in [6.07, 6.45) is 1.37. The third-order valence-corrected chi connectivity index (χ3v) is 5.67. The molecule has 0 saturated carbocycles. The van der Waals surface area contributed by atoms with Crippen LogP contribution in [0, 0.1) is 5.82 Å². The predicted molar refractivity (Wildman–Crippen MR) is 103 cm³/mol. The monoisotopic (exact) mass is 406 g/mol. The molecule has 3 aromatic carbocycles. The Morgan fingerprint density at radius 1 is 0.889 bits per heavy atom. The molecule has 27 heavy (non-hydrogen) atoms. The van der Waals surface area contributed by atoms with E-state index in [1.807, 2.05) is 36.4 Å². The van der Waals surface area contributed by atoms with Gasteiger partial charge in [-0.15, -0.1) is 0 Å². The third kappa shape index (κ3) is 4.70. The molecule has 0 aliphatic carbocycles. The third-order valence-electron chi connectivity index (χ3n) is 3.72. The molecule has 0 saturated heterocycles. The van der Waals surface area contributed by atoms with Gasteiger partial charge in [-0.25, -0.2) is 26.4 Å². The van der Waals surface area contributed by atoms with Crippen molar-refractivity contribution in [2.45, 2.75) is 4.90 Å². The van der Waals surface area contributed by atoms with Crippen molar-refractivity contribution < 1.29 is 21.2 Å². The largest absolute Gasteiger partial charge is 0.279 e. The topological polar surface area (TPSA) is 106 Å². The molecule has 0 fully saturated rings. The van der Waals surface area contributed by atoms with Crippen molar-refractivity contribution in [2.24, 2.45) is 5.14 Å². The van der Waals surface area contributed by atoms with E-state index in [1.54, 1.807) is 6.07 Å². The summed E-state index contributed by atoms with van der Waals surface area (Å²) in [5, 5.41) is 7.87. The maximum Gasteiger partial charge on any atom is 0.255 e. The van der Waals surface area contributed by atoms with E-state index >= 15 is 0 Å². The Balaban J connectivity index is 1.90. The molecule has 140 valence electrons. The number of primary sulfonamides is 1. The molecule has 3 rings (SSSR count). The summed E-state index contributed by atoms with van der Waals surface area (Å²) in [4.78, 5) is -0.648. The Labute approximate surface area is 156 Å². The van der Waals surface area contributed by atoms with Crippen LogP contribution in [0.2, 0.25) is 0 Å². The van der Waals surface area contributed by atoms with Gasteiger partial charge in [-0.05, 0) is 46.7 Å². The van der Waals surface area contributed by atoms with Crippen LogP contribution in [0.1, 0.15) is 5.56 Å². The lowest BCUT2D eigenvalue weighted by Gasteiger charge is -2.09. The lowest BCUT2D eigenvalue weighted by molar-refractivity contribution is 0.593. The number of hydrogen-bond acceptors (Lipinski definition) is 4. The minimum absolute atomic E-state index is 0.331. The van der Waals surface area contributed by atoms with Gasteiger partial charge in [0.05, 0.1) is 11.1 Å². The molecule has 0 unspecified atom stereocenters. The maximum absolute atomic E-state index is 13.3. The molecule has 0 atom stereocenters. The molecule has 9 heteroatoms. The van der Waals surface area contributed by atoms with Gasteiger partial charge in [-0.2, -0.15) is 0 Å². The zero-order valence-corrected chi connectivity index (χ0v) is 15.5. The minimum atomic E-state index is -4.31. The minimum Gasteiger partial charge on any atom is -0.279 e. The molecule has 3 aromatic rings. The van der Waals surface area contributed by atoms with E-state index in [4.69, 9.17) is 5.14 Å². The lowest BCUT2D eigenvalue weighted by atomic mass is 10.1. The van der Waals surface area contributed by atoms with Crippen molar-refractivity contribution in [3.63, 3.8) is 0 Å². The van der Waals surface area contributed by atoms with E-state index in [2.05, 4.69) is 4.72 Å². The number of nitrogens with two attached hydrogens (primary N) is 1. The second-order valence-electron chi connectivity index (χ2n) is 5.74. The van der Waals surface area contributed by atoms with Gasteiger partial charge in [0.2, 0.25) is 10.0 Å². The summed E-state index contributed by atoms with van der Waals surface area (Å²) < 4.78 is 63.0. The number of fused-ring (bicyclic) bond motifs is 1. The Kier molecular flexibility index (Phi) is 5.01. The molecule has 0 heterocycles. The van der Waals surface area contributed by atoms with Gasteiger partial charge in [0, 0.05) is 0 Å². The van der Waals surface area contributed by atoms with Gasteiger partial charge in [-0.1, -0.05) is 36.4 Å². The summed E-state index contributed by atoms with van der Waals surface area (Å²) in [7, 11) is -8.37. The Morgan fingerprint density at radius 3 is 2.30 bits per heavy atom. The van der Waals surface area contributed by atoms with Crippen molar-refractivity contribution in [1.82, 2.24) is 0 Å². The summed E-state index contributed by atoms with van der Waals surface area (Å²) in [5.74, 6) is -0.853. The Hall–Kier alpha value is -2.75. The number of hydrogen-bond donors (Lipinski definition) is 2. The Morgan fingerprint density at radius 2 is 1.59 bits per heavy atom. The van der Waals surface area contributed by atoms with Gasteiger partial charge in [-0.3, -0.25) is 4.72 Å². The standard InChI is InChI=1S/C18H15FN2O4S2/c19-16-7-8-17(18(12-16)27(20,24)25)21-26(22,23)10-9-13-5-6-14-3-1-2-4-15(14)11-13/h1-12,21H,(H2,20,24,25). The fourth-order valence-corrected chi connectivity index (χ4v) is 4.14. The van der Waals surface area contributed by atoms with Crippen molar-refractivity contribution in [3.05, 3.63) is 77.5 Å². The summed E-state index contributed by atoms with van der Waals surface area (Å²) in [6.45, 7) is 0. The first-order valence-corrected chi connectivity index (χ1v) is 10.8. The van der Waals surface area contributed by atoms with Crippen LogP contribution in [0.4, 0.5) is 10.1 Å². The highest BCUT2D eigenvalue weighted by Gasteiger charge is 2.18. The van der Waals surface area contributed by atoms with Gasteiger partial charge < -0.3 is 0 Å². The van der Waals surface area contributed by atoms with Crippen LogP contribution in [0.5, 0.6) is 0 Å². The van der Waals surface area contributed by atoms with Gasteiger partial charge in [0.15, 0.2) is 0 Å². The van der Waals surface area contributed by atoms with Gasteiger partial charge in [0.1, 0.15) is 10.7 Å². The smallest absolute Gasteiger partial charge is 0.255 e. The van der Waals surface area contributed by atoms with E-state index in [0.29, 0.717) is 11.6 Å². The van der Waals surface area contributed by atoms with Crippen LogP contribution < -0.4 is 9.86 Å². The highest BCUT2D eigenvalue weighted by Crippen LogP contribution is 2.23. The van der Waals surface area contributed by atoms with Crippen LogP contribution in [-0.4, -0.2) is 16.8 Å². The maximum atomic E-state index is 13.3. The average Bonchev–Trinajstić information content (AvgIpc) is 2.60. The molecule has 0 aromatic heterocycles. The first-order valence-electron chi connectivity index (χ1n) is 7.66. The number of benzene rings is 3. The van der Waals surface area contributed by atoms with Crippen LogP contribution >= 0.6 is 0 Å². The zero-order valence-electron chi connectivity index (χ0n) is 13.8. The first-order chi connectivity index (χ1) is 12.6. The van der Waals surface area contributed by atoms with Crippen LogP contribution in [0.15, 0.2) is 71.0 Å². The highest BCUT2D eigenvalue weighted by atomic mass is 32.2. The highest BCUT2D eigenvalue weighted by molar-refractivity contribution is 7.95. The molecule has 0 spiro atoms. The average molecular weight is 406 g/mol. The van der Waals surface area contributed by atoms with Crippen molar-refractivity contribution in [2.75, 3.05) is 4.72 Å². The summed E-state index contributed by atoms with van der Waals surface area (Å²) in [5.41, 5.74) is 0.312. The van der Waals surface area contributed by atoms with Crippen LogP contribution in [0.3, 0.4) is 0 Å². The molecular formula is C18H15FN2O4S2. The lowest BCUT2D eigenvalue weighted by Crippen LogP contribution is -2.17. The van der Waals surface area contributed by atoms with Gasteiger partial charge >= 0.3 is 0 Å². The summed E-state index contributed by atoms with van der Waals surface area (Å²) >= 11 is 0. The van der Waals surface area contributed by atoms with E-state index in [-0.39, 0.29) is 5.69 Å².